The van der Waals surface area contributed by atoms with E-state index in [0.29, 0.717) is 19.7 Å². The molecule has 1 fully saturated rings. The van der Waals surface area contributed by atoms with Crippen LogP contribution in [0, 0.1) is 0 Å². The molecule has 1 atom stereocenters. The highest BCUT2D eigenvalue weighted by Gasteiger charge is 2.35. The smallest absolute Gasteiger partial charge is 0.215 e. The Bertz CT molecular complexity index is 387. The average Bonchev–Trinajstić information content (AvgIpc) is 2.66. The van der Waals surface area contributed by atoms with Gasteiger partial charge in [-0.1, -0.05) is 6.92 Å². The quantitative estimate of drug-likeness (QED) is 0.748. The standard InChI is InChI=1S/C11H16FN3O/c1-2-8-3-13-15-6-10(7-16-11(8)15)14-4-9(12)5-14/h3,9-10H,2,4-7H2,1H3/t10-/m1/s1. The van der Waals surface area contributed by atoms with Gasteiger partial charge in [-0.2, -0.15) is 5.10 Å². The zero-order valence-corrected chi connectivity index (χ0v) is 9.40. The number of hydrogen-bond donors (Lipinski definition) is 0. The highest BCUT2D eigenvalue weighted by molar-refractivity contribution is 5.25. The van der Waals surface area contributed by atoms with Gasteiger partial charge < -0.3 is 4.74 Å². The van der Waals surface area contributed by atoms with Crippen molar-refractivity contribution in [3.63, 3.8) is 0 Å². The molecule has 0 radical (unpaired) electrons. The first-order valence-electron chi connectivity index (χ1n) is 5.83. The predicted molar refractivity (Wildman–Crippen MR) is 57.4 cm³/mol. The fraction of sp³-hybridized carbons (Fsp3) is 0.727. The maximum atomic E-state index is 12.8. The third kappa shape index (κ3) is 1.50. The number of hydrogen-bond acceptors (Lipinski definition) is 3. The molecule has 3 rings (SSSR count). The van der Waals surface area contributed by atoms with E-state index in [-0.39, 0.29) is 6.04 Å². The molecule has 0 spiro atoms. The van der Waals surface area contributed by atoms with Crippen LogP contribution in [0.5, 0.6) is 5.88 Å². The Kier molecular flexibility index (Phi) is 2.35. The van der Waals surface area contributed by atoms with Gasteiger partial charge in [0.25, 0.3) is 0 Å². The van der Waals surface area contributed by atoms with E-state index in [9.17, 15) is 4.39 Å². The molecular weight excluding hydrogens is 209 g/mol. The van der Waals surface area contributed by atoms with Crippen molar-refractivity contribution in [1.29, 1.82) is 0 Å². The number of ether oxygens (including phenoxy) is 1. The van der Waals surface area contributed by atoms with Crippen LogP contribution in [0.4, 0.5) is 4.39 Å². The van der Waals surface area contributed by atoms with Crippen LogP contribution in [-0.4, -0.2) is 46.6 Å². The minimum Gasteiger partial charge on any atom is -0.476 e. The first kappa shape index (κ1) is 10.1. The van der Waals surface area contributed by atoms with E-state index in [1.165, 1.54) is 0 Å². The van der Waals surface area contributed by atoms with E-state index < -0.39 is 6.17 Å². The van der Waals surface area contributed by atoms with Gasteiger partial charge in [-0.3, -0.25) is 4.90 Å². The van der Waals surface area contributed by atoms with Crippen LogP contribution < -0.4 is 4.74 Å². The van der Waals surface area contributed by atoms with Crippen molar-refractivity contribution in [1.82, 2.24) is 14.7 Å². The van der Waals surface area contributed by atoms with E-state index in [1.54, 1.807) is 0 Å². The Labute approximate surface area is 94.0 Å². The number of aryl methyl sites for hydroxylation is 1. The van der Waals surface area contributed by atoms with Gasteiger partial charge in [0.05, 0.1) is 18.8 Å². The van der Waals surface area contributed by atoms with E-state index in [0.717, 1.165) is 24.4 Å². The molecule has 1 aromatic heterocycles. The molecule has 2 aliphatic rings. The Morgan fingerprint density at radius 3 is 3.00 bits per heavy atom. The molecule has 5 heteroatoms. The Balaban J connectivity index is 1.72. The molecule has 1 saturated heterocycles. The number of fused-ring (bicyclic) bond motifs is 1. The van der Waals surface area contributed by atoms with Gasteiger partial charge in [0.2, 0.25) is 5.88 Å². The number of aromatic nitrogens is 2. The zero-order chi connectivity index (χ0) is 11.1. The number of alkyl halides is 1. The van der Waals surface area contributed by atoms with Crippen LogP contribution in [0.25, 0.3) is 0 Å². The van der Waals surface area contributed by atoms with Gasteiger partial charge >= 0.3 is 0 Å². The molecule has 0 saturated carbocycles. The summed E-state index contributed by atoms with van der Waals surface area (Å²) in [5, 5.41) is 4.31. The second-order valence-corrected chi connectivity index (χ2v) is 4.53. The SMILES string of the molecule is CCc1cnn2c1OC[C@H](N1CC(F)C1)C2. The highest BCUT2D eigenvalue weighted by atomic mass is 19.1. The Hall–Kier alpha value is -1.10. The maximum Gasteiger partial charge on any atom is 0.215 e. The first-order chi connectivity index (χ1) is 7.78. The van der Waals surface area contributed by atoms with Crippen molar-refractivity contribution < 1.29 is 9.13 Å². The third-order valence-corrected chi connectivity index (χ3v) is 3.42. The van der Waals surface area contributed by atoms with Crippen molar-refractivity contribution in [2.75, 3.05) is 19.7 Å². The fourth-order valence-corrected chi connectivity index (χ4v) is 2.35. The molecule has 2 aliphatic heterocycles. The van der Waals surface area contributed by atoms with E-state index in [2.05, 4.69) is 16.9 Å². The fourth-order valence-electron chi connectivity index (χ4n) is 2.35. The third-order valence-electron chi connectivity index (χ3n) is 3.42. The predicted octanol–water partition coefficient (Wildman–Crippen LogP) is 0.860. The largest absolute Gasteiger partial charge is 0.476 e. The van der Waals surface area contributed by atoms with Crippen molar-refractivity contribution >= 4 is 0 Å². The van der Waals surface area contributed by atoms with Crippen LogP contribution in [0.3, 0.4) is 0 Å². The van der Waals surface area contributed by atoms with Crippen LogP contribution in [0.1, 0.15) is 12.5 Å². The molecule has 0 bridgehead atoms. The molecule has 3 heterocycles. The molecule has 0 aromatic carbocycles. The molecule has 4 nitrogen and oxygen atoms in total. The summed E-state index contributed by atoms with van der Waals surface area (Å²) in [4.78, 5) is 2.13. The molecular formula is C11H16FN3O. The molecule has 0 N–H and O–H groups in total. The van der Waals surface area contributed by atoms with Gasteiger partial charge in [0.1, 0.15) is 12.8 Å². The van der Waals surface area contributed by atoms with Crippen molar-refractivity contribution in [3.05, 3.63) is 11.8 Å². The second kappa shape index (κ2) is 3.73. The Morgan fingerprint density at radius 2 is 2.31 bits per heavy atom. The molecule has 0 aliphatic carbocycles. The maximum absolute atomic E-state index is 12.8. The van der Waals surface area contributed by atoms with E-state index >= 15 is 0 Å². The summed E-state index contributed by atoms with van der Waals surface area (Å²) < 4.78 is 20.4. The van der Waals surface area contributed by atoms with Gasteiger partial charge in [-0.05, 0) is 6.42 Å². The second-order valence-electron chi connectivity index (χ2n) is 4.53. The van der Waals surface area contributed by atoms with Gasteiger partial charge in [-0.25, -0.2) is 9.07 Å². The van der Waals surface area contributed by atoms with Gasteiger partial charge in [-0.15, -0.1) is 0 Å². The summed E-state index contributed by atoms with van der Waals surface area (Å²) in [7, 11) is 0. The zero-order valence-electron chi connectivity index (χ0n) is 9.40. The summed E-state index contributed by atoms with van der Waals surface area (Å²) in [5.74, 6) is 0.899. The first-order valence-corrected chi connectivity index (χ1v) is 5.83. The van der Waals surface area contributed by atoms with Crippen LogP contribution in [-0.2, 0) is 13.0 Å². The minimum absolute atomic E-state index is 0.282. The monoisotopic (exact) mass is 225 g/mol. The lowest BCUT2D eigenvalue weighted by Gasteiger charge is -2.42. The summed E-state index contributed by atoms with van der Waals surface area (Å²) in [6, 6.07) is 0.282. The Morgan fingerprint density at radius 1 is 1.50 bits per heavy atom. The number of likely N-dealkylation sites (tertiary alicyclic amines) is 1. The molecule has 16 heavy (non-hydrogen) atoms. The summed E-state index contributed by atoms with van der Waals surface area (Å²) in [6.07, 6.45) is 2.16. The summed E-state index contributed by atoms with van der Waals surface area (Å²) >= 11 is 0. The van der Waals surface area contributed by atoms with Crippen LogP contribution in [0.15, 0.2) is 6.20 Å². The molecule has 88 valence electrons. The summed E-state index contributed by atoms with van der Waals surface area (Å²) in [6.45, 7) is 4.67. The van der Waals surface area contributed by atoms with Crippen LogP contribution in [0.2, 0.25) is 0 Å². The lowest BCUT2D eigenvalue weighted by atomic mass is 10.1. The average molecular weight is 225 g/mol. The molecule has 0 amide bonds. The molecule has 0 unspecified atom stereocenters. The topological polar surface area (TPSA) is 30.3 Å². The van der Waals surface area contributed by atoms with Crippen LogP contribution >= 0.6 is 0 Å². The minimum atomic E-state index is -0.648. The summed E-state index contributed by atoms with van der Waals surface area (Å²) in [5.41, 5.74) is 1.16. The van der Waals surface area contributed by atoms with Gasteiger partial charge in [0.15, 0.2) is 0 Å². The van der Waals surface area contributed by atoms with Crippen molar-refractivity contribution in [2.45, 2.75) is 32.1 Å². The lowest BCUT2D eigenvalue weighted by Crippen LogP contribution is -2.57. The molecule has 1 aromatic rings. The van der Waals surface area contributed by atoms with Gasteiger partial charge in [0, 0.05) is 18.7 Å². The highest BCUT2D eigenvalue weighted by Crippen LogP contribution is 2.26. The van der Waals surface area contributed by atoms with E-state index in [1.807, 2.05) is 10.9 Å². The normalized spacial score (nSPS) is 26.0. The van der Waals surface area contributed by atoms with Crippen molar-refractivity contribution in [3.8, 4) is 5.88 Å². The van der Waals surface area contributed by atoms with Crippen molar-refractivity contribution in [2.24, 2.45) is 0 Å². The number of halogens is 1. The number of nitrogens with zero attached hydrogens (tertiary/aromatic N) is 3. The lowest BCUT2D eigenvalue weighted by molar-refractivity contribution is -0.0109. The number of rotatable bonds is 2. The van der Waals surface area contributed by atoms with E-state index in [4.69, 9.17) is 4.74 Å².